The quantitative estimate of drug-likeness (QED) is 0.582. The first kappa shape index (κ1) is 20.7. The molecule has 9 nitrogen and oxygen atoms in total. The van der Waals surface area contributed by atoms with Gasteiger partial charge < -0.3 is 14.8 Å². The summed E-state index contributed by atoms with van der Waals surface area (Å²) in [4.78, 5) is 28.3. The van der Waals surface area contributed by atoms with E-state index in [0.29, 0.717) is 34.8 Å². The van der Waals surface area contributed by atoms with Gasteiger partial charge in [-0.15, -0.1) is 0 Å². The average Bonchev–Trinajstić information content (AvgIpc) is 3.21. The zero-order valence-corrected chi connectivity index (χ0v) is 17.4. The van der Waals surface area contributed by atoms with Gasteiger partial charge in [0.25, 0.3) is 5.91 Å². The van der Waals surface area contributed by atoms with Crippen molar-refractivity contribution in [3.05, 3.63) is 59.4 Å². The van der Waals surface area contributed by atoms with E-state index in [0.717, 1.165) is 5.56 Å². The number of carbonyl (C=O) groups excluding carboxylic acids is 2. The van der Waals surface area contributed by atoms with Gasteiger partial charge in [-0.25, -0.2) is 4.68 Å². The summed E-state index contributed by atoms with van der Waals surface area (Å²) in [5, 5.41) is 10.2. The van der Waals surface area contributed by atoms with Gasteiger partial charge in [0, 0.05) is 10.7 Å². The fraction of sp³-hybridized carbons (Fsp3) is 0.238. The first-order valence-corrected chi connectivity index (χ1v) is 10.1. The van der Waals surface area contributed by atoms with E-state index in [2.05, 4.69) is 20.7 Å². The molecule has 2 amide bonds. The van der Waals surface area contributed by atoms with Crippen molar-refractivity contribution in [2.75, 3.05) is 23.8 Å². The predicted molar refractivity (Wildman–Crippen MR) is 115 cm³/mol. The molecule has 160 valence electrons. The molecule has 1 aromatic heterocycles. The zero-order valence-electron chi connectivity index (χ0n) is 16.7. The molecule has 1 aliphatic rings. The van der Waals surface area contributed by atoms with E-state index in [4.69, 9.17) is 21.1 Å². The Morgan fingerprint density at radius 1 is 1.26 bits per heavy atom. The Hall–Kier alpha value is -3.59. The van der Waals surface area contributed by atoms with Crippen LogP contribution in [0.2, 0.25) is 5.02 Å². The molecule has 4 rings (SSSR count). The van der Waals surface area contributed by atoms with E-state index in [1.54, 1.807) is 41.1 Å². The van der Waals surface area contributed by atoms with E-state index in [-0.39, 0.29) is 30.9 Å². The molecule has 1 unspecified atom stereocenters. The van der Waals surface area contributed by atoms with E-state index in [1.165, 1.54) is 6.33 Å². The van der Waals surface area contributed by atoms with Crippen molar-refractivity contribution in [3.63, 3.8) is 0 Å². The molecule has 3 aromatic rings. The van der Waals surface area contributed by atoms with Gasteiger partial charge in [-0.1, -0.05) is 23.7 Å². The molecule has 0 radical (unpaired) electrons. The van der Waals surface area contributed by atoms with Gasteiger partial charge in [0.15, 0.2) is 18.1 Å². The predicted octanol–water partition coefficient (Wildman–Crippen LogP) is 3.28. The fourth-order valence-electron chi connectivity index (χ4n) is 3.29. The number of carbonyl (C=O) groups is 2. The average molecular weight is 442 g/mol. The van der Waals surface area contributed by atoms with Crippen LogP contribution in [-0.4, -0.2) is 39.8 Å². The first-order valence-electron chi connectivity index (χ1n) is 9.68. The molecule has 0 aliphatic carbocycles. The lowest BCUT2D eigenvalue weighted by Gasteiger charge is -2.24. The lowest BCUT2D eigenvalue weighted by Crippen LogP contribution is -2.29. The van der Waals surface area contributed by atoms with Crippen LogP contribution in [0.25, 0.3) is 0 Å². The Labute approximate surface area is 183 Å². The molecule has 10 heteroatoms. The number of nitrogens with zero attached hydrogens (tertiary/aromatic N) is 3. The maximum Gasteiger partial charge on any atom is 0.262 e. The first-order chi connectivity index (χ1) is 15.0. The summed E-state index contributed by atoms with van der Waals surface area (Å²) in [6, 6.07) is 11.9. The third-order valence-electron chi connectivity index (χ3n) is 4.62. The van der Waals surface area contributed by atoms with Crippen molar-refractivity contribution in [1.82, 2.24) is 14.8 Å². The lowest BCUT2D eigenvalue weighted by atomic mass is 10.0. The maximum atomic E-state index is 12.2. The highest BCUT2D eigenvalue weighted by atomic mass is 35.5. The van der Waals surface area contributed by atoms with Gasteiger partial charge in [-0.05, 0) is 42.8 Å². The van der Waals surface area contributed by atoms with Crippen molar-refractivity contribution < 1.29 is 19.1 Å². The summed E-state index contributed by atoms with van der Waals surface area (Å²) in [5.74, 6) is 0.831. The number of hydrogen-bond donors (Lipinski definition) is 2. The molecular weight excluding hydrogens is 422 g/mol. The summed E-state index contributed by atoms with van der Waals surface area (Å²) in [7, 11) is 0. The molecule has 2 N–H and O–H groups in total. The fourth-order valence-corrected chi connectivity index (χ4v) is 3.48. The highest BCUT2D eigenvalue weighted by molar-refractivity contribution is 6.30. The van der Waals surface area contributed by atoms with E-state index in [9.17, 15) is 9.59 Å². The Morgan fingerprint density at radius 2 is 2.13 bits per heavy atom. The van der Waals surface area contributed by atoms with Crippen LogP contribution < -0.4 is 20.1 Å². The summed E-state index contributed by atoms with van der Waals surface area (Å²) < 4.78 is 13.1. The molecule has 1 aliphatic heterocycles. The minimum atomic E-state index is -0.329. The van der Waals surface area contributed by atoms with E-state index < -0.39 is 0 Å². The number of nitrogens with one attached hydrogen (secondary N) is 2. The molecule has 0 saturated heterocycles. The second-order valence-electron chi connectivity index (χ2n) is 6.78. The standard InChI is InChI=1S/C21H20ClN5O4/c1-2-30-18-8-13(16-10-19(28)26-21-23-12-24-27(16)21)6-7-17(18)31-11-20(29)25-15-5-3-4-14(22)9-15/h3-9,12,16H,2,10-11H2,1H3,(H,25,29)(H,23,24,26,28). The van der Waals surface area contributed by atoms with Gasteiger partial charge in [-0.2, -0.15) is 10.1 Å². The molecule has 0 spiro atoms. The summed E-state index contributed by atoms with van der Waals surface area (Å²) >= 11 is 5.93. The molecule has 2 heterocycles. The zero-order chi connectivity index (χ0) is 21.8. The molecule has 0 fully saturated rings. The monoisotopic (exact) mass is 441 g/mol. The summed E-state index contributed by atoms with van der Waals surface area (Å²) in [5.41, 5.74) is 1.40. The second-order valence-corrected chi connectivity index (χ2v) is 7.22. The third kappa shape index (κ3) is 4.77. The third-order valence-corrected chi connectivity index (χ3v) is 4.85. The molecular formula is C21H20ClN5O4. The maximum absolute atomic E-state index is 12.2. The van der Waals surface area contributed by atoms with E-state index >= 15 is 0 Å². The molecule has 2 aromatic carbocycles. The normalized spacial score (nSPS) is 15.0. The van der Waals surface area contributed by atoms with Crippen LogP contribution in [-0.2, 0) is 9.59 Å². The number of benzene rings is 2. The molecule has 0 bridgehead atoms. The van der Waals surface area contributed by atoms with Crippen molar-refractivity contribution in [1.29, 1.82) is 0 Å². The number of fused-ring (bicyclic) bond motifs is 1. The minimum Gasteiger partial charge on any atom is -0.490 e. The number of anilines is 2. The largest absolute Gasteiger partial charge is 0.490 e. The van der Waals surface area contributed by atoms with Gasteiger partial charge in [0.2, 0.25) is 11.9 Å². The SMILES string of the molecule is CCOc1cc(C2CC(=O)Nc3ncnn32)ccc1OCC(=O)Nc1cccc(Cl)c1. The topological polar surface area (TPSA) is 107 Å². The number of halogens is 1. The van der Waals surface area contributed by atoms with Crippen LogP contribution in [0.1, 0.15) is 24.9 Å². The van der Waals surface area contributed by atoms with Crippen molar-refractivity contribution in [2.24, 2.45) is 0 Å². The smallest absolute Gasteiger partial charge is 0.262 e. The number of ether oxygens (including phenoxy) is 2. The molecule has 31 heavy (non-hydrogen) atoms. The van der Waals surface area contributed by atoms with Crippen LogP contribution in [0.5, 0.6) is 11.5 Å². The summed E-state index contributed by atoms with van der Waals surface area (Å²) in [6.07, 6.45) is 1.62. The Balaban J connectivity index is 1.49. The Morgan fingerprint density at radius 3 is 2.94 bits per heavy atom. The van der Waals surface area contributed by atoms with Crippen LogP contribution in [0.4, 0.5) is 11.6 Å². The van der Waals surface area contributed by atoms with Crippen LogP contribution in [0.15, 0.2) is 48.8 Å². The highest BCUT2D eigenvalue weighted by Gasteiger charge is 2.28. The Kier molecular flexibility index (Phi) is 6.03. The Bertz CT molecular complexity index is 1120. The van der Waals surface area contributed by atoms with Crippen molar-refractivity contribution in [2.45, 2.75) is 19.4 Å². The number of aromatic nitrogens is 3. The number of amides is 2. The van der Waals surface area contributed by atoms with Crippen LogP contribution >= 0.6 is 11.6 Å². The minimum absolute atomic E-state index is 0.138. The van der Waals surface area contributed by atoms with Crippen molar-refractivity contribution >= 4 is 35.1 Å². The van der Waals surface area contributed by atoms with Crippen LogP contribution in [0, 0.1) is 0 Å². The molecule has 0 saturated carbocycles. The second kappa shape index (κ2) is 9.05. The highest BCUT2D eigenvalue weighted by Crippen LogP contribution is 2.35. The van der Waals surface area contributed by atoms with Crippen molar-refractivity contribution in [3.8, 4) is 11.5 Å². The number of hydrogen-bond acceptors (Lipinski definition) is 6. The van der Waals surface area contributed by atoms with Gasteiger partial charge in [-0.3, -0.25) is 14.9 Å². The van der Waals surface area contributed by atoms with E-state index in [1.807, 2.05) is 13.0 Å². The van der Waals surface area contributed by atoms with Gasteiger partial charge in [0.05, 0.1) is 19.1 Å². The molecule has 1 atom stereocenters. The summed E-state index contributed by atoms with van der Waals surface area (Å²) in [6.45, 7) is 2.06. The lowest BCUT2D eigenvalue weighted by molar-refractivity contribution is -0.118. The van der Waals surface area contributed by atoms with Crippen LogP contribution in [0.3, 0.4) is 0 Å². The number of rotatable bonds is 7. The van der Waals surface area contributed by atoms with Gasteiger partial charge in [0.1, 0.15) is 6.33 Å². The van der Waals surface area contributed by atoms with Gasteiger partial charge >= 0.3 is 0 Å².